The van der Waals surface area contributed by atoms with E-state index in [4.69, 9.17) is 0 Å². The van der Waals surface area contributed by atoms with Crippen molar-refractivity contribution in [2.45, 2.75) is 26.3 Å². The number of rotatable bonds is 5. The number of hydrogen-bond donors (Lipinski definition) is 1. The molecule has 1 aromatic heterocycles. The minimum absolute atomic E-state index is 0.0278. The Morgan fingerprint density at radius 2 is 2.00 bits per heavy atom. The topological polar surface area (TPSA) is 12.0 Å². The van der Waals surface area contributed by atoms with E-state index in [1.807, 2.05) is 26.0 Å². The second-order valence-electron chi connectivity index (χ2n) is 4.48. The number of nitrogens with one attached hydrogen (secondary N) is 1. The first kappa shape index (κ1) is 14.2. The van der Waals surface area contributed by atoms with Crippen molar-refractivity contribution in [3.63, 3.8) is 0 Å². The first-order valence-corrected chi connectivity index (χ1v) is 7.16. The Kier molecular flexibility index (Phi) is 4.66. The Hall–Kier alpha value is -1.26. The molecule has 0 aliphatic heterocycles. The van der Waals surface area contributed by atoms with E-state index in [1.165, 1.54) is 4.88 Å². The largest absolute Gasteiger partial charge is 0.309 e. The maximum atomic E-state index is 13.7. The second-order valence-corrected chi connectivity index (χ2v) is 5.80. The number of aryl methyl sites for hydroxylation is 1. The Balaban J connectivity index is 2.23. The van der Waals surface area contributed by atoms with Crippen LogP contribution in [0.5, 0.6) is 0 Å². The second kappa shape index (κ2) is 6.26. The fraction of sp³-hybridized carbons (Fsp3) is 0.333. The van der Waals surface area contributed by atoms with Gasteiger partial charge in [-0.1, -0.05) is 19.1 Å². The maximum absolute atomic E-state index is 13.7. The Morgan fingerprint density at radius 3 is 2.63 bits per heavy atom. The van der Waals surface area contributed by atoms with Crippen molar-refractivity contribution < 1.29 is 8.78 Å². The molecular weight excluding hydrogens is 264 g/mol. The zero-order valence-corrected chi connectivity index (χ0v) is 11.9. The molecule has 1 aromatic carbocycles. The van der Waals surface area contributed by atoms with E-state index in [0.29, 0.717) is 12.0 Å². The standard InChI is InChI=1S/C15H17F2NS/c1-3-18-13(14-8-7-10(2)19-14)9-11-5-4-6-12(16)15(11)17/h4-8,13,18H,3,9H2,1-2H3. The molecular formula is C15H17F2NS. The lowest BCUT2D eigenvalue weighted by atomic mass is 10.0. The van der Waals surface area contributed by atoms with Gasteiger partial charge in [-0.25, -0.2) is 8.78 Å². The SMILES string of the molecule is CCNC(Cc1cccc(F)c1F)c1ccc(C)s1. The molecule has 0 radical (unpaired) electrons. The Morgan fingerprint density at radius 1 is 1.21 bits per heavy atom. The molecule has 0 aliphatic carbocycles. The van der Waals surface area contributed by atoms with E-state index >= 15 is 0 Å². The molecule has 0 spiro atoms. The fourth-order valence-electron chi connectivity index (χ4n) is 2.09. The van der Waals surface area contributed by atoms with Gasteiger partial charge in [0.2, 0.25) is 0 Å². The number of benzene rings is 1. The van der Waals surface area contributed by atoms with Gasteiger partial charge >= 0.3 is 0 Å². The van der Waals surface area contributed by atoms with Crippen LogP contribution in [-0.2, 0) is 6.42 Å². The number of likely N-dealkylation sites (N-methyl/N-ethyl adjacent to an activating group) is 1. The van der Waals surface area contributed by atoms with Crippen molar-refractivity contribution in [2.24, 2.45) is 0 Å². The predicted octanol–water partition coefficient (Wildman–Crippen LogP) is 4.23. The third-order valence-corrected chi connectivity index (χ3v) is 4.13. The summed E-state index contributed by atoms with van der Waals surface area (Å²) in [5, 5.41) is 3.33. The quantitative estimate of drug-likeness (QED) is 0.865. The van der Waals surface area contributed by atoms with Gasteiger partial charge in [-0.15, -0.1) is 11.3 Å². The molecule has 0 aliphatic rings. The summed E-state index contributed by atoms with van der Waals surface area (Å²) in [5.41, 5.74) is 0.414. The van der Waals surface area contributed by atoms with Crippen molar-refractivity contribution >= 4 is 11.3 Å². The van der Waals surface area contributed by atoms with Crippen molar-refractivity contribution in [2.75, 3.05) is 6.54 Å². The summed E-state index contributed by atoms with van der Waals surface area (Å²) in [7, 11) is 0. The maximum Gasteiger partial charge on any atom is 0.162 e. The van der Waals surface area contributed by atoms with Gasteiger partial charge < -0.3 is 5.32 Å². The van der Waals surface area contributed by atoms with Crippen LogP contribution < -0.4 is 5.32 Å². The Bertz CT molecular complexity index is 551. The van der Waals surface area contributed by atoms with Crippen LogP contribution in [0.25, 0.3) is 0 Å². The van der Waals surface area contributed by atoms with Crippen LogP contribution in [0.15, 0.2) is 30.3 Å². The summed E-state index contributed by atoms with van der Waals surface area (Å²) < 4.78 is 27.0. The van der Waals surface area contributed by atoms with Gasteiger partial charge in [0.15, 0.2) is 11.6 Å². The highest BCUT2D eigenvalue weighted by atomic mass is 32.1. The average molecular weight is 281 g/mol. The highest BCUT2D eigenvalue weighted by Gasteiger charge is 2.16. The third-order valence-electron chi connectivity index (χ3n) is 3.01. The van der Waals surface area contributed by atoms with E-state index in [9.17, 15) is 8.78 Å². The lowest BCUT2D eigenvalue weighted by Crippen LogP contribution is -2.22. The smallest absolute Gasteiger partial charge is 0.162 e. The van der Waals surface area contributed by atoms with E-state index < -0.39 is 11.6 Å². The summed E-state index contributed by atoms with van der Waals surface area (Å²) in [6.45, 7) is 4.84. The average Bonchev–Trinajstić information content (AvgIpc) is 2.81. The monoisotopic (exact) mass is 281 g/mol. The molecule has 0 saturated carbocycles. The van der Waals surface area contributed by atoms with Gasteiger partial charge in [0.1, 0.15) is 0 Å². The van der Waals surface area contributed by atoms with E-state index in [1.54, 1.807) is 23.5 Å². The molecule has 0 bridgehead atoms. The van der Waals surface area contributed by atoms with Gasteiger partial charge in [-0.3, -0.25) is 0 Å². The predicted molar refractivity (Wildman–Crippen MR) is 75.5 cm³/mol. The summed E-state index contributed by atoms with van der Waals surface area (Å²) in [6.07, 6.45) is 0.456. The molecule has 0 amide bonds. The van der Waals surface area contributed by atoms with Crippen LogP contribution in [0.3, 0.4) is 0 Å². The van der Waals surface area contributed by atoms with Crippen molar-refractivity contribution in [3.8, 4) is 0 Å². The van der Waals surface area contributed by atoms with Crippen LogP contribution in [0.2, 0.25) is 0 Å². The fourth-order valence-corrected chi connectivity index (χ4v) is 3.04. The van der Waals surface area contributed by atoms with Crippen molar-refractivity contribution in [1.82, 2.24) is 5.32 Å². The number of halogens is 2. The van der Waals surface area contributed by atoms with Crippen LogP contribution in [0, 0.1) is 18.6 Å². The molecule has 1 unspecified atom stereocenters. The molecule has 102 valence electrons. The third kappa shape index (κ3) is 3.39. The summed E-state index contributed by atoms with van der Waals surface area (Å²) >= 11 is 1.69. The molecule has 1 atom stereocenters. The first-order valence-electron chi connectivity index (χ1n) is 6.34. The summed E-state index contributed by atoms with van der Waals surface area (Å²) in [5.74, 6) is -1.52. The van der Waals surface area contributed by atoms with Crippen molar-refractivity contribution in [1.29, 1.82) is 0 Å². The van der Waals surface area contributed by atoms with Gasteiger partial charge in [0.05, 0.1) is 0 Å². The molecule has 4 heteroatoms. The van der Waals surface area contributed by atoms with E-state index in [0.717, 1.165) is 17.5 Å². The lowest BCUT2D eigenvalue weighted by Gasteiger charge is -2.17. The van der Waals surface area contributed by atoms with Gasteiger partial charge in [-0.05, 0) is 43.7 Å². The van der Waals surface area contributed by atoms with Crippen LogP contribution in [0.4, 0.5) is 8.78 Å². The van der Waals surface area contributed by atoms with Crippen molar-refractivity contribution in [3.05, 3.63) is 57.3 Å². The summed E-state index contributed by atoms with van der Waals surface area (Å²) in [4.78, 5) is 2.38. The van der Waals surface area contributed by atoms with Crippen LogP contribution >= 0.6 is 11.3 Å². The molecule has 19 heavy (non-hydrogen) atoms. The molecule has 2 rings (SSSR count). The van der Waals surface area contributed by atoms with E-state index in [2.05, 4.69) is 5.32 Å². The molecule has 1 nitrogen and oxygen atoms in total. The molecule has 0 saturated heterocycles. The summed E-state index contributed by atoms with van der Waals surface area (Å²) in [6, 6.07) is 8.47. The zero-order chi connectivity index (χ0) is 13.8. The minimum Gasteiger partial charge on any atom is -0.309 e. The first-order chi connectivity index (χ1) is 9.11. The van der Waals surface area contributed by atoms with Gasteiger partial charge in [-0.2, -0.15) is 0 Å². The van der Waals surface area contributed by atoms with E-state index in [-0.39, 0.29) is 6.04 Å². The zero-order valence-electron chi connectivity index (χ0n) is 11.0. The lowest BCUT2D eigenvalue weighted by molar-refractivity contribution is 0.483. The normalized spacial score (nSPS) is 12.6. The highest BCUT2D eigenvalue weighted by Crippen LogP contribution is 2.27. The van der Waals surface area contributed by atoms with Gasteiger partial charge in [0, 0.05) is 15.8 Å². The number of hydrogen-bond acceptors (Lipinski definition) is 2. The van der Waals surface area contributed by atoms with Crippen LogP contribution in [0.1, 0.15) is 28.3 Å². The number of thiophene rings is 1. The molecule has 1 N–H and O–H groups in total. The minimum atomic E-state index is -0.782. The molecule has 2 aromatic rings. The Labute approximate surface area is 116 Å². The van der Waals surface area contributed by atoms with Crippen LogP contribution in [-0.4, -0.2) is 6.54 Å². The van der Waals surface area contributed by atoms with Gasteiger partial charge in [0.25, 0.3) is 0 Å². The molecule has 0 fully saturated rings. The molecule has 1 heterocycles. The highest BCUT2D eigenvalue weighted by molar-refractivity contribution is 7.12.